The molecule has 1 saturated heterocycles. The minimum absolute atomic E-state index is 0.00723. The summed E-state index contributed by atoms with van der Waals surface area (Å²) in [6.45, 7) is 1.11. The van der Waals surface area contributed by atoms with Crippen LogP contribution in [-0.2, 0) is 19.6 Å². The Kier molecular flexibility index (Phi) is 7.46. The molecule has 2 aromatic rings. The number of methoxy groups -OCH3 is 1. The molecular weight excluding hydrogens is 462 g/mol. The van der Waals surface area contributed by atoms with E-state index in [1.54, 1.807) is 0 Å². The molecule has 1 aliphatic heterocycles. The number of carbonyl (C=O) groups is 1. The molecule has 1 heterocycles. The molecule has 0 atom stereocenters. The number of halogens is 1. The molecule has 0 saturated carbocycles. The maximum absolute atomic E-state index is 12.9. The van der Waals surface area contributed by atoms with Gasteiger partial charge in [0.15, 0.2) is 0 Å². The van der Waals surface area contributed by atoms with Crippen LogP contribution in [0.1, 0.15) is 5.56 Å². The normalized spacial score (nSPS) is 14.9. The second-order valence-corrected chi connectivity index (χ2v) is 9.01. The van der Waals surface area contributed by atoms with Crippen LogP contribution >= 0.6 is 11.6 Å². The third-order valence-corrected chi connectivity index (χ3v) is 6.84. The van der Waals surface area contributed by atoms with Gasteiger partial charge in [-0.3, -0.25) is 14.9 Å². The van der Waals surface area contributed by atoms with E-state index in [4.69, 9.17) is 21.1 Å². The van der Waals surface area contributed by atoms with E-state index in [0.717, 1.165) is 6.08 Å². The lowest BCUT2D eigenvalue weighted by molar-refractivity contribution is -0.384. The van der Waals surface area contributed by atoms with Crippen molar-refractivity contribution >= 4 is 45.0 Å². The van der Waals surface area contributed by atoms with Gasteiger partial charge < -0.3 is 14.8 Å². The quantitative estimate of drug-likeness (QED) is 0.365. The van der Waals surface area contributed by atoms with Crippen molar-refractivity contribution in [3.63, 3.8) is 0 Å². The monoisotopic (exact) mass is 481 g/mol. The zero-order valence-electron chi connectivity index (χ0n) is 17.0. The van der Waals surface area contributed by atoms with Crippen LogP contribution in [0.2, 0.25) is 5.02 Å². The first-order valence-corrected chi connectivity index (χ1v) is 11.2. The fraction of sp³-hybridized carbons (Fsp3) is 0.250. The topological polar surface area (TPSA) is 128 Å². The van der Waals surface area contributed by atoms with Gasteiger partial charge in [-0.2, -0.15) is 4.31 Å². The van der Waals surface area contributed by atoms with Gasteiger partial charge in [-0.1, -0.05) is 17.7 Å². The molecule has 2 aromatic carbocycles. The van der Waals surface area contributed by atoms with Crippen molar-refractivity contribution in [3.05, 3.63) is 63.2 Å². The van der Waals surface area contributed by atoms with E-state index in [1.807, 2.05) is 0 Å². The molecule has 170 valence electrons. The van der Waals surface area contributed by atoms with Crippen molar-refractivity contribution < 1.29 is 27.6 Å². The Balaban J connectivity index is 1.81. The highest BCUT2D eigenvalue weighted by Crippen LogP contribution is 2.29. The third kappa shape index (κ3) is 5.43. The molecule has 0 spiro atoms. The van der Waals surface area contributed by atoms with E-state index >= 15 is 0 Å². The molecule has 32 heavy (non-hydrogen) atoms. The maximum Gasteiger partial charge on any atom is 0.288 e. The zero-order valence-corrected chi connectivity index (χ0v) is 18.6. The number of nitro groups is 1. The average molecular weight is 482 g/mol. The maximum atomic E-state index is 12.9. The minimum Gasteiger partial charge on any atom is -0.495 e. The molecule has 1 N–H and O–H groups in total. The number of nitrogens with one attached hydrogen (secondary N) is 1. The Labute approximate surface area is 189 Å². The second kappa shape index (κ2) is 10.1. The van der Waals surface area contributed by atoms with E-state index < -0.39 is 20.9 Å². The van der Waals surface area contributed by atoms with Crippen LogP contribution in [0.15, 0.2) is 47.4 Å². The molecule has 1 fully saturated rings. The first kappa shape index (κ1) is 23.7. The number of hydrogen-bond donors (Lipinski definition) is 1. The Hall–Kier alpha value is -2.99. The summed E-state index contributed by atoms with van der Waals surface area (Å²) in [6.07, 6.45) is 2.54. The summed E-state index contributed by atoms with van der Waals surface area (Å²) in [5.41, 5.74) is 0.280. The SMILES string of the molecule is COc1ccc(S(=O)(=O)N2CCOCC2)cc1NC(=O)/C=C/c1ccc(Cl)c([N+](=O)[O-])c1. The molecule has 3 rings (SSSR count). The molecule has 0 bridgehead atoms. The van der Waals surface area contributed by atoms with Crippen molar-refractivity contribution in [3.8, 4) is 5.75 Å². The van der Waals surface area contributed by atoms with Crippen molar-refractivity contribution in [1.29, 1.82) is 0 Å². The Morgan fingerprint density at radius 3 is 2.62 bits per heavy atom. The summed E-state index contributed by atoms with van der Waals surface area (Å²) in [5, 5.41) is 13.6. The number of benzene rings is 2. The molecule has 1 aliphatic rings. The van der Waals surface area contributed by atoms with Crippen LogP contribution in [0.5, 0.6) is 5.75 Å². The summed E-state index contributed by atoms with van der Waals surface area (Å²) < 4.78 is 37.5. The molecule has 0 unspecified atom stereocenters. The molecule has 0 aromatic heterocycles. The van der Waals surface area contributed by atoms with Crippen molar-refractivity contribution in [2.24, 2.45) is 0 Å². The van der Waals surface area contributed by atoms with Crippen molar-refractivity contribution in [2.75, 3.05) is 38.7 Å². The summed E-state index contributed by atoms with van der Waals surface area (Å²) >= 11 is 5.78. The highest BCUT2D eigenvalue weighted by molar-refractivity contribution is 7.89. The highest BCUT2D eigenvalue weighted by atomic mass is 35.5. The summed E-state index contributed by atoms with van der Waals surface area (Å²) in [7, 11) is -2.37. The number of carbonyl (C=O) groups excluding carboxylic acids is 1. The van der Waals surface area contributed by atoms with Crippen LogP contribution in [0, 0.1) is 10.1 Å². The van der Waals surface area contributed by atoms with Gasteiger partial charge in [0.1, 0.15) is 10.8 Å². The summed E-state index contributed by atoms with van der Waals surface area (Å²) in [6, 6.07) is 8.30. The van der Waals surface area contributed by atoms with E-state index in [0.29, 0.717) is 18.8 Å². The standard InChI is InChI=1S/C20H20ClN3O7S/c1-30-19-6-4-15(32(28,29)23-8-10-31-11-9-23)13-17(19)22-20(25)7-3-14-2-5-16(21)18(12-14)24(26)27/h2-7,12-13H,8-11H2,1H3,(H,22,25)/b7-3+. The molecule has 12 heteroatoms. The van der Waals surface area contributed by atoms with Crippen molar-refractivity contribution in [1.82, 2.24) is 4.31 Å². The Morgan fingerprint density at radius 2 is 1.97 bits per heavy atom. The predicted molar refractivity (Wildman–Crippen MR) is 118 cm³/mol. The number of nitrogens with zero attached hydrogens (tertiary/aromatic N) is 2. The number of morpholine rings is 1. The number of hydrogen-bond acceptors (Lipinski definition) is 7. The molecule has 10 nitrogen and oxygen atoms in total. The van der Waals surface area contributed by atoms with E-state index in [1.165, 1.54) is 53.9 Å². The fourth-order valence-electron chi connectivity index (χ4n) is 3.00. The Bertz CT molecular complexity index is 1160. The molecule has 0 radical (unpaired) electrons. The number of nitro benzene ring substituents is 1. The average Bonchev–Trinajstić information content (AvgIpc) is 2.78. The van der Waals surface area contributed by atoms with Crippen LogP contribution in [0.4, 0.5) is 11.4 Å². The lowest BCUT2D eigenvalue weighted by atomic mass is 10.2. The third-order valence-electron chi connectivity index (χ3n) is 4.63. The number of rotatable bonds is 7. The van der Waals surface area contributed by atoms with Gasteiger partial charge in [0.2, 0.25) is 15.9 Å². The molecular formula is C20H20ClN3O7S. The van der Waals surface area contributed by atoms with Crippen LogP contribution < -0.4 is 10.1 Å². The van der Waals surface area contributed by atoms with Gasteiger partial charge in [-0.15, -0.1) is 0 Å². The van der Waals surface area contributed by atoms with Crippen LogP contribution in [-0.4, -0.2) is 57.0 Å². The van der Waals surface area contributed by atoms with Gasteiger partial charge in [0, 0.05) is 25.2 Å². The van der Waals surface area contributed by atoms with Gasteiger partial charge in [-0.05, 0) is 35.9 Å². The highest BCUT2D eigenvalue weighted by Gasteiger charge is 2.27. The zero-order chi connectivity index (χ0) is 23.3. The first-order chi connectivity index (χ1) is 15.2. The Morgan fingerprint density at radius 1 is 1.25 bits per heavy atom. The largest absolute Gasteiger partial charge is 0.495 e. The van der Waals surface area contributed by atoms with Gasteiger partial charge in [0.25, 0.3) is 5.69 Å². The van der Waals surface area contributed by atoms with Gasteiger partial charge in [-0.25, -0.2) is 8.42 Å². The van der Waals surface area contributed by atoms with E-state index in [-0.39, 0.29) is 40.1 Å². The molecule has 0 aliphatic carbocycles. The number of amides is 1. The van der Waals surface area contributed by atoms with E-state index in [2.05, 4.69) is 5.32 Å². The summed E-state index contributed by atoms with van der Waals surface area (Å²) in [5.74, 6) is -0.309. The first-order valence-electron chi connectivity index (χ1n) is 9.41. The van der Waals surface area contributed by atoms with Crippen LogP contribution in [0.3, 0.4) is 0 Å². The smallest absolute Gasteiger partial charge is 0.288 e. The lowest BCUT2D eigenvalue weighted by Crippen LogP contribution is -2.40. The number of sulfonamides is 1. The minimum atomic E-state index is -3.77. The number of ether oxygens (including phenoxy) is 2. The van der Waals surface area contributed by atoms with E-state index in [9.17, 15) is 23.3 Å². The summed E-state index contributed by atoms with van der Waals surface area (Å²) in [4.78, 5) is 22.8. The fourth-order valence-corrected chi connectivity index (χ4v) is 4.62. The number of anilines is 1. The van der Waals surface area contributed by atoms with Gasteiger partial charge >= 0.3 is 0 Å². The predicted octanol–water partition coefficient (Wildman–Crippen LogP) is 2.93. The van der Waals surface area contributed by atoms with Crippen LogP contribution in [0.25, 0.3) is 6.08 Å². The molecule has 1 amide bonds. The van der Waals surface area contributed by atoms with Gasteiger partial charge in [0.05, 0.1) is 35.8 Å². The second-order valence-electron chi connectivity index (χ2n) is 6.67. The van der Waals surface area contributed by atoms with Crippen molar-refractivity contribution in [2.45, 2.75) is 4.90 Å². The lowest BCUT2D eigenvalue weighted by Gasteiger charge is -2.26.